The molecule has 3 aromatic rings. The van der Waals surface area contributed by atoms with Crippen molar-refractivity contribution in [2.45, 2.75) is 18.8 Å². The Kier molecular flexibility index (Phi) is 3.51. The summed E-state index contributed by atoms with van der Waals surface area (Å²) in [7, 11) is 0. The van der Waals surface area contributed by atoms with Gasteiger partial charge in [0.2, 0.25) is 0 Å². The number of para-hydroxylation sites is 1. The number of carbonyl (C=O) groups is 1. The highest BCUT2D eigenvalue weighted by Crippen LogP contribution is 2.40. The number of pyridine rings is 1. The summed E-state index contributed by atoms with van der Waals surface area (Å²) in [5.41, 5.74) is 3.98. The van der Waals surface area contributed by atoms with Crippen molar-refractivity contribution in [3.63, 3.8) is 0 Å². The summed E-state index contributed by atoms with van der Waals surface area (Å²) in [6.45, 7) is 0. The molecule has 1 N–H and O–H groups in total. The van der Waals surface area contributed by atoms with Crippen molar-refractivity contribution in [2.75, 3.05) is 5.32 Å². The zero-order chi connectivity index (χ0) is 16.5. The summed E-state index contributed by atoms with van der Waals surface area (Å²) >= 11 is 0. The van der Waals surface area contributed by atoms with Crippen LogP contribution in [0.15, 0.2) is 54.6 Å². The van der Waals surface area contributed by atoms with Gasteiger partial charge in [-0.05, 0) is 43.2 Å². The van der Waals surface area contributed by atoms with Crippen molar-refractivity contribution in [1.82, 2.24) is 4.98 Å². The van der Waals surface area contributed by atoms with E-state index in [-0.39, 0.29) is 5.91 Å². The zero-order valence-corrected chi connectivity index (χ0v) is 13.1. The molecule has 1 heterocycles. The fourth-order valence-electron chi connectivity index (χ4n) is 2.86. The van der Waals surface area contributed by atoms with Crippen molar-refractivity contribution >= 4 is 22.5 Å². The van der Waals surface area contributed by atoms with Crippen molar-refractivity contribution < 1.29 is 4.79 Å². The highest BCUT2D eigenvalue weighted by atomic mass is 16.1. The van der Waals surface area contributed by atoms with E-state index >= 15 is 0 Å². The van der Waals surface area contributed by atoms with Gasteiger partial charge in [0, 0.05) is 28.2 Å². The number of amides is 1. The quantitative estimate of drug-likeness (QED) is 0.731. The first-order valence-corrected chi connectivity index (χ1v) is 8.02. The Bertz CT molecular complexity index is 981. The lowest BCUT2D eigenvalue weighted by molar-refractivity contribution is 0.102. The fourth-order valence-corrected chi connectivity index (χ4v) is 2.86. The molecular weight excluding hydrogens is 296 g/mol. The van der Waals surface area contributed by atoms with Gasteiger partial charge in [-0.15, -0.1) is 6.42 Å². The fraction of sp³-hybridized carbons (Fsp3) is 0.143. The molecule has 4 rings (SSSR count). The smallest absolute Gasteiger partial charge is 0.256 e. The molecule has 116 valence electrons. The largest absolute Gasteiger partial charge is 0.322 e. The van der Waals surface area contributed by atoms with Crippen molar-refractivity contribution in [3.8, 4) is 12.3 Å². The van der Waals surface area contributed by atoms with E-state index in [0.29, 0.717) is 17.2 Å². The number of carbonyl (C=O) groups excluding carboxylic acids is 1. The van der Waals surface area contributed by atoms with Gasteiger partial charge in [-0.25, -0.2) is 0 Å². The molecule has 1 aliphatic carbocycles. The van der Waals surface area contributed by atoms with Gasteiger partial charge in [0.1, 0.15) is 0 Å². The minimum Gasteiger partial charge on any atom is -0.322 e. The third-order valence-corrected chi connectivity index (χ3v) is 4.26. The average Bonchev–Trinajstić information content (AvgIpc) is 3.46. The third-order valence-electron chi connectivity index (χ3n) is 4.26. The molecule has 1 aliphatic rings. The number of benzene rings is 2. The van der Waals surface area contributed by atoms with Gasteiger partial charge in [0.15, 0.2) is 0 Å². The zero-order valence-electron chi connectivity index (χ0n) is 13.1. The van der Waals surface area contributed by atoms with Crippen LogP contribution >= 0.6 is 0 Å². The second kappa shape index (κ2) is 5.82. The van der Waals surface area contributed by atoms with Gasteiger partial charge in [-0.1, -0.05) is 30.2 Å². The number of rotatable bonds is 3. The first-order chi connectivity index (χ1) is 11.7. The average molecular weight is 312 g/mol. The van der Waals surface area contributed by atoms with Crippen LogP contribution in [-0.2, 0) is 0 Å². The van der Waals surface area contributed by atoms with Crippen LogP contribution in [0.4, 0.5) is 5.69 Å². The molecule has 0 saturated heterocycles. The Labute approximate surface area is 140 Å². The highest BCUT2D eigenvalue weighted by Gasteiger charge is 2.26. The van der Waals surface area contributed by atoms with E-state index < -0.39 is 0 Å². The van der Waals surface area contributed by atoms with Crippen LogP contribution in [0.1, 0.15) is 40.4 Å². The van der Waals surface area contributed by atoms with Crippen molar-refractivity contribution in [1.29, 1.82) is 0 Å². The summed E-state index contributed by atoms with van der Waals surface area (Å²) in [6, 6.07) is 17.0. The molecule has 3 nitrogen and oxygen atoms in total. The molecule has 0 radical (unpaired) electrons. The lowest BCUT2D eigenvalue weighted by Crippen LogP contribution is -2.13. The standard InChI is InChI=1S/C21H16N2O/c1-2-14-6-5-7-16(12-14)22-21(24)18-13-20(15-10-11-15)23-19-9-4-3-8-17(18)19/h1,3-9,12-13,15H,10-11H2,(H,22,24). The van der Waals surface area contributed by atoms with E-state index in [0.717, 1.165) is 35.0 Å². The molecule has 0 atom stereocenters. The van der Waals surface area contributed by atoms with Crippen LogP contribution in [0.5, 0.6) is 0 Å². The normalized spacial score (nSPS) is 13.5. The topological polar surface area (TPSA) is 42.0 Å². The van der Waals surface area contributed by atoms with Gasteiger partial charge in [0.25, 0.3) is 5.91 Å². The molecule has 1 saturated carbocycles. The summed E-state index contributed by atoms with van der Waals surface area (Å²) < 4.78 is 0. The van der Waals surface area contributed by atoms with Crippen LogP contribution in [0, 0.1) is 12.3 Å². The number of anilines is 1. The van der Waals surface area contributed by atoms with E-state index in [1.807, 2.05) is 48.5 Å². The molecule has 1 amide bonds. The van der Waals surface area contributed by atoms with Gasteiger partial charge in [-0.2, -0.15) is 0 Å². The van der Waals surface area contributed by atoms with E-state index in [9.17, 15) is 4.79 Å². The maximum atomic E-state index is 12.8. The van der Waals surface area contributed by atoms with Crippen LogP contribution in [0.25, 0.3) is 10.9 Å². The van der Waals surface area contributed by atoms with Crippen LogP contribution in [0.2, 0.25) is 0 Å². The Balaban J connectivity index is 1.74. The third kappa shape index (κ3) is 2.75. The maximum Gasteiger partial charge on any atom is 0.256 e. The molecular formula is C21H16N2O. The first kappa shape index (κ1) is 14.5. The molecule has 1 fully saturated rings. The number of terminal acetylenes is 1. The molecule has 0 spiro atoms. The summed E-state index contributed by atoms with van der Waals surface area (Å²) in [4.78, 5) is 17.5. The van der Waals surface area contributed by atoms with Crippen LogP contribution < -0.4 is 5.32 Å². The summed E-state index contributed by atoms with van der Waals surface area (Å²) in [5.74, 6) is 2.94. The van der Waals surface area contributed by atoms with E-state index in [4.69, 9.17) is 11.4 Å². The number of hydrogen-bond acceptors (Lipinski definition) is 2. The summed E-state index contributed by atoms with van der Waals surface area (Å²) in [6.07, 6.45) is 7.72. The molecule has 0 bridgehead atoms. The second-order valence-corrected chi connectivity index (χ2v) is 6.07. The minimum atomic E-state index is -0.135. The van der Waals surface area contributed by atoms with E-state index in [1.165, 1.54) is 0 Å². The summed E-state index contributed by atoms with van der Waals surface area (Å²) in [5, 5.41) is 3.82. The number of hydrogen-bond donors (Lipinski definition) is 1. The number of fused-ring (bicyclic) bond motifs is 1. The predicted octanol–water partition coefficient (Wildman–Crippen LogP) is 4.35. The maximum absolute atomic E-state index is 12.8. The van der Waals surface area contributed by atoms with Gasteiger partial charge in [-0.3, -0.25) is 9.78 Å². The second-order valence-electron chi connectivity index (χ2n) is 6.07. The molecule has 1 aromatic heterocycles. The predicted molar refractivity (Wildman–Crippen MR) is 96.0 cm³/mol. The Morgan fingerprint density at radius 1 is 1.12 bits per heavy atom. The molecule has 2 aromatic carbocycles. The number of nitrogens with zero attached hydrogens (tertiary/aromatic N) is 1. The Morgan fingerprint density at radius 2 is 1.96 bits per heavy atom. The monoisotopic (exact) mass is 312 g/mol. The first-order valence-electron chi connectivity index (χ1n) is 8.02. The van der Waals surface area contributed by atoms with Crippen LogP contribution in [0.3, 0.4) is 0 Å². The highest BCUT2D eigenvalue weighted by molar-refractivity contribution is 6.12. The van der Waals surface area contributed by atoms with Crippen LogP contribution in [-0.4, -0.2) is 10.9 Å². The van der Waals surface area contributed by atoms with Gasteiger partial charge >= 0.3 is 0 Å². The van der Waals surface area contributed by atoms with E-state index in [2.05, 4.69) is 11.2 Å². The number of nitrogens with one attached hydrogen (secondary N) is 1. The minimum absolute atomic E-state index is 0.135. The lowest BCUT2D eigenvalue weighted by atomic mass is 10.1. The van der Waals surface area contributed by atoms with E-state index in [1.54, 1.807) is 6.07 Å². The molecule has 0 unspecified atom stereocenters. The Hall–Kier alpha value is -3.12. The van der Waals surface area contributed by atoms with Crippen molar-refractivity contribution in [2.24, 2.45) is 0 Å². The molecule has 0 aliphatic heterocycles. The SMILES string of the molecule is C#Cc1cccc(NC(=O)c2cc(C3CC3)nc3ccccc23)c1. The lowest BCUT2D eigenvalue weighted by Gasteiger charge is -2.10. The van der Waals surface area contributed by atoms with Crippen molar-refractivity contribution in [3.05, 3.63) is 71.4 Å². The number of aromatic nitrogens is 1. The molecule has 3 heteroatoms. The Morgan fingerprint density at radius 3 is 2.75 bits per heavy atom. The van der Waals surface area contributed by atoms with Gasteiger partial charge in [0.05, 0.1) is 11.1 Å². The molecule has 24 heavy (non-hydrogen) atoms. The van der Waals surface area contributed by atoms with Gasteiger partial charge < -0.3 is 5.32 Å².